The molecule has 0 bridgehead atoms. The zero-order valence-corrected chi connectivity index (χ0v) is 13.3. The first kappa shape index (κ1) is 19.2. The first-order valence-electron chi connectivity index (χ1n) is 7.11. The lowest BCUT2D eigenvalue weighted by atomic mass is 10.3. The van der Waals surface area contributed by atoms with Gasteiger partial charge in [0.05, 0.1) is 5.69 Å². The van der Waals surface area contributed by atoms with Gasteiger partial charge in [-0.25, -0.2) is 0 Å². The summed E-state index contributed by atoms with van der Waals surface area (Å²) in [4.78, 5) is 3.93. The maximum Gasteiger partial charge on any atom is 0.141 e. The Hall–Kier alpha value is -2.75. The Labute approximate surface area is 132 Å². The molecule has 0 heterocycles. The molecular formula is C18H24N2O2. The van der Waals surface area contributed by atoms with Crippen LogP contribution in [0.4, 0.5) is 11.4 Å². The molecule has 4 heteroatoms. The Bertz CT molecular complexity index is 581. The maximum atomic E-state index is 9.13. The Morgan fingerprint density at radius 3 is 2.00 bits per heavy atom. The first-order chi connectivity index (χ1) is 10.7. The van der Waals surface area contributed by atoms with E-state index in [1.165, 1.54) is 6.20 Å². The average Bonchev–Trinajstić information content (AvgIpc) is 2.55. The minimum Gasteiger partial charge on any atom is -0.506 e. The van der Waals surface area contributed by atoms with Crippen LogP contribution in [0, 0.1) is 0 Å². The number of rotatable bonds is 3. The second-order valence-corrected chi connectivity index (χ2v) is 3.74. The van der Waals surface area contributed by atoms with Gasteiger partial charge in [-0.3, -0.25) is 4.99 Å². The fourth-order valence-corrected chi connectivity index (χ4v) is 1.42. The van der Waals surface area contributed by atoms with Crippen LogP contribution in [0.5, 0.6) is 11.5 Å². The third kappa shape index (κ3) is 7.14. The van der Waals surface area contributed by atoms with E-state index in [0.29, 0.717) is 11.4 Å². The molecule has 0 aliphatic carbocycles. The molecule has 2 aromatic rings. The van der Waals surface area contributed by atoms with Gasteiger partial charge in [0, 0.05) is 6.21 Å². The molecule has 0 aliphatic rings. The highest BCUT2D eigenvalue weighted by Crippen LogP contribution is 2.24. The fourth-order valence-electron chi connectivity index (χ4n) is 1.42. The van der Waals surface area contributed by atoms with Crippen LogP contribution < -0.4 is 5.32 Å². The molecule has 0 aromatic heterocycles. The molecule has 0 saturated heterocycles. The van der Waals surface area contributed by atoms with Gasteiger partial charge in [0.1, 0.15) is 17.2 Å². The standard InChI is InChI=1S/2C8H9NO.C2H6/c2*1-2-9-7-5-3-4-6-8(7)10;1-2/h2-6,10H,1H3;2-6,9-10H,1H2;1-2H3. The third-order valence-electron chi connectivity index (χ3n) is 2.31. The molecule has 0 saturated carbocycles. The van der Waals surface area contributed by atoms with Gasteiger partial charge < -0.3 is 15.5 Å². The number of hydrogen-bond acceptors (Lipinski definition) is 4. The summed E-state index contributed by atoms with van der Waals surface area (Å²) in [6.07, 6.45) is 3.17. The molecule has 118 valence electrons. The van der Waals surface area contributed by atoms with Crippen molar-refractivity contribution in [1.82, 2.24) is 0 Å². The topological polar surface area (TPSA) is 64.8 Å². The van der Waals surface area contributed by atoms with Crippen LogP contribution in [0.1, 0.15) is 20.8 Å². The van der Waals surface area contributed by atoms with Gasteiger partial charge in [-0.2, -0.15) is 0 Å². The minimum atomic E-state index is 0.223. The number of para-hydroxylation sites is 4. The number of phenolic OH excluding ortho intramolecular Hbond substituents is 2. The van der Waals surface area contributed by atoms with Gasteiger partial charge >= 0.3 is 0 Å². The summed E-state index contributed by atoms with van der Waals surface area (Å²) >= 11 is 0. The van der Waals surface area contributed by atoms with Crippen molar-refractivity contribution < 1.29 is 10.2 Å². The van der Waals surface area contributed by atoms with Crippen molar-refractivity contribution in [2.75, 3.05) is 5.32 Å². The van der Waals surface area contributed by atoms with E-state index in [0.717, 1.165) is 0 Å². The van der Waals surface area contributed by atoms with Crippen LogP contribution in [0.3, 0.4) is 0 Å². The van der Waals surface area contributed by atoms with Crippen molar-refractivity contribution in [1.29, 1.82) is 0 Å². The van der Waals surface area contributed by atoms with Gasteiger partial charge in [0.2, 0.25) is 0 Å². The fraction of sp³-hybridized carbons (Fsp3) is 0.167. The van der Waals surface area contributed by atoms with E-state index in [4.69, 9.17) is 10.2 Å². The number of hydrogen-bond donors (Lipinski definition) is 3. The zero-order chi connectivity index (χ0) is 16.8. The number of nitrogens with zero attached hydrogens (tertiary/aromatic N) is 1. The summed E-state index contributed by atoms with van der Waals surface area (Å²) in [6, 6.07) is 14.0. The highest BCUT2D eigenvalue weighted by atomic mass is 16.3. The first-order valence-corrected chi connectivity index (χ1v) is 7.11. The van der Waals surface area contributed by atoms with Gasteiger partial charge in [-0.1, -0.05) is 44.7 Å². The molecule has 4 nitrogen and oxygen atoms in total. The summed E-state index contributed by atoms with van der Waals surface area (Å²) in [5.74, 6) is 0.461. The Kier molecular flexibility index (Phi) is 10.5. The Morgan fingerprint density at radius 1 is 0.955 bits per heavy atom. The Morgan fingerprint density at radius 2 is 1.50 bits per heavy atom. The summed E-state index contributed by atoms with van der Waals surface area (Å²) < 4.78 is 0. The molecule has 0 aliphatic heterocycles. The molecule has 0 unspecified atom stereocenters. The lowest BCUT2D eigenvalue weighted by Crippen LogP contribution is -1.84. The monoisotopic (exact) mass is 300 g/mol. The minimum absolute atomic E-state index is 0.223. The largest absolute Gasteiger partial charge is 0.506 e. The number of anilines is 1. The second kappa shape index (κ2) is 12.0. The number of benzene rings is 2. The summed E-state index contributed by atoms with van der Waals surface area (Å²) in [5, 5.41) is 21.0. The summed E-state index contributed by atoms with van der Waals surface area (Å²) in [6.45, 7) is 9.29. The molecule has 0 atom stereocenters. The van der Waals surface area contributed by atoms with Crippen LogP contribution in [-0.4, -0.2) is 16.4 Å². The highest BCUT2D eigenvalue weighted by Gasteiger charge is 1.93. The van der Waals surface area contributed by atoms with Crippen LogP contribution in [0.25, 0.3) is 0 Å². The van der Waals surface area contributed by atoms with E-state index in [-0.39, 0.29) is 11.5 Å². The SMILES string of the molecule is C=CNc1ccccc1O.CC.CC=Nc1ccccc1O. The van der Waals surface area contributed by atoms with E-state index in [1.807, 2.05) is 32.9 Å². The number of phenols is 2. The van der Waals surface area contributed by atoms with Crippen LogP contribution in [0.2, 0.25) is 0 Å². The number of nitrogens with one attached hydrogen (secondary N) is 1. The maximum absolute atomic E-state index is 9.13. The molecule has 3 N–H and O–H groups in total. The van der Waals surface area contributed by atoms with E-state index in [2.05, 4.69) is 16.9 Å². The normalized spacial score (nSPS) is 9.05. The predicted octanol–water partition coefficient (Wildman–Crippen LogP) is 5.09. The van der Waals surface area contributed by atoms with Gasteiger partial charge in [-0.15, -0.1) is 0 Å². The van der Waals surface area contributed by atoms with Crippen LogP contribution in [0.15, 0.2) is 66.3 Å². The highest BCUT2D eigenvalue weighted by molar-refractivity contribution is 5.63. The quantitative estimate of drug-likeness (QED) is 0.546. The van der Waals surface area contributed by atoms with Crippen molar-refractivity contribution in [2.24, 2.45) is 4.99 Å². The molecule has 2 aromatic carbocycles. The van der Waals surface area contributed by atoms with Crippen molar-refractivity contribution >= 4 is 17.6 Å². The van der Waals surface area contributed by atoms with Crippen molar-refractivity contribution in [3.63, 3.8) is 0 Å². The van der Waals surface area contributed by atoms with E-state index < -0.39 is 0 Å². The average molecular weight is 300 g/mol. The Balaban J connectivity index is 0.000000360. The van der Waals surface area contributed by atoms with Crippen LogP contribution >= 0.6 is 0 Å². The van der Waals surface area contributed by atoms with Gasteiger partial charge in [-0.05, 0) is 37.4 Å². The van der Waals surface area contributed by atoms with E-state index in [9.17, 15) is 0 Å². The molecule has 2 rings (SSSR count). The smallest absolute Gasteiger partial charge is 0.141 e. The predicted molar refractivity (Wildman–Crippen MR) is 95.2 cm³/mol. The van der Waals surface area contributed by atoms with Crippen molar-refractivity contribution in [2.45, 2.75) is 20.8 Å². The summed E-state index contributed by atoms with van der Waals surface area (Å²) in [5.41, 5.74) is 1.29. The van der Waals surface area contributed by atoms with Crippen molar-refractivity contribution in [3.8, 4) is 11.5 Å². The van der Waals surface area contributed by atoms with E-state index in [1.54, 1.807) is 42.6 Å². The molecule has 0 radical (unpaired) electrons. The number of aromatic hydroxyl groups is 2. The molecule has 22 heavy (non-hydrogen) atoms. The van der Waals surface area contributed by atoms with Gasteiger partial charge in [0.15, 0.2) is 0 Å². The third-order valence-corrected chi connectivity index (χ3v) is 2.31. The second-order valence-electron chi connectivity index (χ2n) is 3.74. The van der Waals surface area contributed by atoms with Crippen molar-refractivity contribution in [3.05, 3.63) is 61.3 Å². The summed E-state index contributed by atoms with van der Waals surface area (Å²) in [7, 11) is 0. The molecular weight excluding hydrogens is 276 g/mol. The zero-order valence-electron chi connectivity index (χ0n) is 13.3. The molecule has 0 amide bonds. The number of aliphatic imine (C=N–C) groups is 1. The van der Waals surface area contributed by atoms with Crippen LogP contribution in [-0.2, 0) is 0 Å². The molecule has 0 spiro atoms. The lowest BCUT2D eigenvalue weighted by molar-refractivity contribution is 0.476. The molecule has 0 fully saturated rings. The van der Waals surface area contributed by atoms with E-state index >= 15 is 0 Å². The van der Waals surface area contributed by atoms with Gasteiger partial charge in [0.25, 0.3) is 0 Å². The lowest BCUT2D eigenvalue weighted by Gasteiger charge is -2.00.